The van der Waals surface area contributed by atoms with E-state index in [2.05, 4.69) is 33.1 Å². The maximum atomic E-state index is 13.5. The Balaban J connectivity index is 0.00000304. The highest BCUT2D eigenvalue weighted by Crippen LogP contribution is 2.22. The third kappa shape index (κ3) is 5.45. The van der Waals surface area contributed by atoms with Crippen molar-refractivity contribution < 1.29 is 9.59 Å². The minimum absolute atomic E-state index is 0. The second kappa shape index (κ2) is 11.0. The number of halogens is 1. The number of para-hydroxylation sites is 1. The third-order valence-corrected chi connectivity index (χ3v) is 6.77. The van der Waals surface area contributed by atoms with Gasteiger partial charge in [0.15, 0.2) is 0 Å². The molecule has 5 rings (SSSR count). The zero-order chi connectivity index (χ0) is 24.4. The first-order valence-electron chi connectivity index (χ1n) is 12.0. The molecule has 0 bridgehead atoms. The maximum Gasteiger partial charge on any atom is 0.247 e. The van der Waals surface area contributed by atoms with Crippen LogP contribution in [-0.4, -0.2) is 28.9 Å². The largest absolute Gasteiger partial charge is 0.361 e. The lowest BCUT2D eigenvalue weighted by molar-refractivity contribution is -0.128. The second-order valence-electron chi connectivity index (χ2n) is 9.34. The number of nitrogens with one attached hydrogen (secondary N) is 4. The van der Waals surface area contributed by atoms with Crippen molar-refractivity contribution in [3.05, 3.63) is 101 Å². The number of amides is 2. The van der Waals surface area contributed by atoms with Crippen LogP contribution in [0.4, 0.5) is 5.69 Å². The summed E-state index contributed by atoms with van der Waals surface area (Å²) < 4.78 is 0. The molecule has 1 aliphatic heterocycles. The first-order chi connectivity index (χ1) is 17.0. The van der Waals surface area contributed by atoms with E-state index in [1.165, 1.54) is 11.1 Å². The number of H-pyrrole nitrogens is 1. The molecule has 7 heteroatoms. The number of anilines is 1. The summed E-state index contributed by atoms with van der Waals surface area (Å²) in [6.07, 6.45) is 2.90. The van der Waals surface area contributed by atoms with Crippen LogP contribution in [0.25, 0.3) is 10.9 Å². The van der Waals surface area contributed by atoms with Gasteiger partial charge in [0, 0.05) is 35.8 Å². The molecule has 3 aromatic carbocycles. The van der Waals surface area contributed by atoms with Crippen molar-refractivity contribution in [2.24, 2.45) is 0 Å². The van der Waals surface area contributed by atoms with Gasteiger partial charge < -0.3 is 20.9 Å². The Morgan fingerprint density at radius 3 is 2.56 bits per heavy atom. The lowest BCUT2D eigenvalue weighted by Gasteiger charge is -2.27. The van der Waals surface area contributed by atoms with Crippen LogP contribution in [0, 0.1) is 13.8 Å². The van der Waals surface area contributed by atoms with Crippen molar-refractivity contribution in [1.82, 2.24) is 15.6 Å². The van der Waals surface area contributed by atoms with Crippen molar-refractivity contribution in [3.8, 4) is 0 Å². The fraction of sp³-hybridized carbons (Fsp3) is 0.241. The van der Waals surface area contributed by atoms with Crippen molar-refractivity contribution >= 4 is 40.8 Å². The summed E-state index contributed by atoms with van der Waals surface area (Å²) in [4.78, 5) is 30.1. The molecule has 4 aromatic rings. The summed E-state index contributed by atoms with van der Waals surface area (Å²) in [5, 5.41) is 10.5. The number of rotatable bonds is 6. The van der Waals surface area contributed by atoms with E-state index in [1.807, 2.05) is 74.6 Å². The van der Waals surface area contributed by atoms with Crippen LogP contribution in [0.15, 0.2) is 72.9 Å². The summed E-state index contributed by atoms with van der Waals surface area (Å²) in [7, 11) is 0. The van der Waals surface area contributed by atoms with Gasteiger partial charge in [-0.3, -0.25) is 9.59 Å². The zero-order valence-electron chi connectivity index (χ0n) is 20.4. The number of carbonyl (C=O) groups is 2. The molecule has 2 heterocycles. The Hall–Kier alpha value is -3.61. The smallest absolute Gasteiger partial charge is 0.247 e. The topological polar surface area (TPSA) is 86.0 Å². The van der Waals surface area contributed by atoms with Crippen LogP contribution >= 0.6 is 12.4 Å². The first-order valence-corrected chi connectivity index (χ1v) is 12.0. The second-order valence-corrected chi connectivity index (χ2v) is 9.34. The number of hydrogen-bond acceptors (Lipinski definition) is 3. The molecule has 0 spiro atoms. The predicted octanol–water partition coefficient (Wildman–Crippen LogP) is 4.59. The molecule has 1 aliphatic rings. The maximum absolute atomic E-state index is 13.5. The fourth-order valence-electron chi connectivity index (χ4n) is 4.82. The van der Waals surface area contributed by atoms with Crippen LogP contribution in [0.1, 0.15) is 27.8 Å². The van der Waals surface area contributed by atoms with E-state index >= 15 is 0 Å². The van der Waals surface area contributed by atoms with Gasteiger partial charge in [-0.1, -0.05) is 60.2 Å². The fourth-order valence-corrected chi connectivity index (χ4v) is 4.82. The highest BCUT2D eigenvalue weighted by atomic mass is 35.5. The number of fused-ring (bicyclic) bond motifs is 2. The van der Waals surface area contributed by atoms with Gasteiger partial charge in [0.2, 0.25) is 11.8 Å². The van der Waals surface area contributed by atoms with Gasteiger partial charge in [0.05, 0.1) is 6.04 Å². The van der Waals surface area contributed by atoms with E-state index in [-0.39, 0.29) is 30.3 Å². The summed E-state index contributed by atoms with van der Waals surface area (Å²) in [5.41, 5.74) is 7.24. The van der Waals surface area contributed by atoms with Gasteiger partial charge in [-0.05, 0) is 54.7 Å². The van der Waals surface area contributed by atoms with E-state index in [0.29, 0.717) is 19.4 Å². The molecule has 0 saturated heterocycles. The Morgan fingerprint density at radius 2 is 1.75 bits per heavy atom. The van der Waals surface area contributed by atoms with Crippen LogP contribution < -0.4 is 16.0 Å². The third-order valence-electron chi connectivity index (χ3n) is 6.77. The van der Waals surface area contributed by atoms with Crippen molar-refractivity contribution in [1.29, 1.82) is 0 Å². The summed E-state index contributed by atoms with van der Waals surface area (Å²) in [6, 6.07) is 20.9. The number of hydrogen-bond donors (Lipinski definition) is 4. The minimum atomic E-state index is -0.721. The van der Waals surface area contributed by atoms with Crippen LogP contribution in [0.2, 0.25) is 0 Å². The highest BCUT2D eigenvalue weighted by molar-refractivity contribution is 5.99. The average molecular weight is 503 g/mol. The van der Waals surface area contributed by atoms with E-state index in [1.54, 1.807) is 0 Å². The Kier molecular flexibility index (Phi) is 7.77. The van der Waals surface area contributed by atoms with Crippen LogP contribution in [-0.2, 0) is 29.0 Å². The molecule has 1 aromatic heterocycles. The number of aromatic nitrogens is 1. The van der Waals surface area contributed by atoms with Crippen molar-refractivity contribution in [3.63, 3.8) is 0 Å². The molecule has 2 amide bonds. The van der Waals surface area contributed by atoms with Gasteiger partial charge in [0.1, 0.15) is 6.04 Å². The normalized spacial score (nSPS) is 15.4. The number of aromatic amines is 1. The van der Waals surface area contributed by atoms with Crippen LogP contribution in [0.5, 0.6) is 0 Å². The molecule has 36 heavy (non-hydrogen) atoms. The Morgan fingerprint density at radius 1 is 1.00 bits per heavy atom. The highest BCUT2D eigenvalue weighted by Gasteiger charge is 2.29. The van der Waals surface area contributed by atoms with Gasteiger partial charge in [0.25, 0.3) is 0 Å². The quantitative estimate of drug-likeness (QED) is 0.311. The minimum Gasteiger partial charge on any atom is -0.361 e. The summed E-state index contributed by atoms with van der Waals surface area (Å²) >= 11 is 0. The van der Waals surface area contributed by atoms with Gasteiger partial charge in [-0.25, -0.2) is 0 Å². The Labute approximate surface area is 217 Å². The van der Waals surface area contributed by atoms with Gasteiger partial charge in [-0.2, -0.15) is 0 Å². The molecular formula is C29H31ClN4O2. The SMILES string of the molecule is Cc1ccc(NC(=O)C(Cc2c[nH]c3ccccc23)NC(=O)C2Cc3ccccc3CN2)c(C)c1.Cl. The van der Waals surface area contributed by atoms with Crippen molar-refractivity contribution in [2.45, 2.75) is 45.3 Å². The zero-order valence-corrected chi connectivity index (χ0v) is 21.2. The molecule has 6 nitrogen and oxygen atoms in total. The molecular weight excluding hydrogens is 472 g/mol. The van der Waals surface area contributed by atoms with E-state index in [4.69, 9.17) is 0 Å². The summed E-state index contributed by atoms with van der Waals surface area (Å²) in [6.45, 7) is 4.63. The molecule has 186 valence electrons. The molecule has 2 unspecified atom stereocenters. The lowest BCUT2D eigenvalue weighted by Crippen LogP contribution is -2.53. The number of aryl methyl sites for hydroxylation is 2. The van der Waals surface area contributed by atoms with E-state index < -0.39 is 6.04 Å². The van der Waals surface area contributed by atoms with Crippen molar-refractivity contribution in [2.75, 3.05) is 5.32 Å². The molecule has 2 atom stereocenters. The lowest BCUT2D eigenvalue weighted by atomic mass is 9.95. The molecule has 0 saturated carbocycles. The molecule has 0 fully saturated rings. The van der Waals surface area contributed by atoms with E-state index in [9.17, 15) is 9.59 Å². The summed E-state index contributed by atoms with van der Waals surface area (Å²) in [5.74, 6) is -0.396. The molecule has 0 radical (unpaired) electrons. The van der Waals surface area contributed by atoms with Crippen LogP contribution in [0.3, 0.4) is 0 Å². The number of benzene rings is 3. The van der Waals surface area contributed by atoms with E-state index in [0.717, 1.165) is 33.3 Å². The first kappa shape index (κ1) is 25.5. The predicted molar refractivity (Wildman–Crippen MR) is 147 cm³/mol. The Bertz CT molecular complexity index is 1400. The average Bonchev–Trinajstić information content (AvgIpc) is 3.27. The van der Waals surface area contributed by atoms with Gasteiger partial charge >= 0.3 is 0 Å². The monoisotopic (exact) mass is 502 g/mol. The standard InChI is InChI=1S/C29H30N4O2.ClH/c1-18-11-12-24(19(2)13-18)32-29(35)27(15-22-17-30-25-10-6-5-9-23(22)25)33-28(34)26-14-20-7-3-4-8-21(20)16-31-26;/h3-13,17,26-27,30-31H,14-16H2,1-2H3,(H,32,35)(H,33,34);1H. The van der Waals surface area contributed by atoms with Gasteiger partial charge in [-0.15, -0.1) is 12.4 Å². The number of carbonyl (C=O) groups excluding carboxylic acids is 2. The molecule has 0 aliphatic carbocycles. The molecule has 4 N–H and O–H groups in total.